The first-order chi connectivity index (χ1) is 19.1. The van der Waals surface area contributed by atoms with Gasteiger partial charge < -0.3 is 45.8 Å². The largest absolute Gasteiger partial charge is 0.479 e. The van der Waals surface area contributed by atoms with Crippen molar-refractivity contribution in [3.8, 4) is 17.6 Å². The number of hydrogen-bond donors (Lipinski definition) is 7. The molecule has 8 N–H and O–H groups in total. The second-order valence-electron chi connectivity index (χ2n) is 8.48. The van der Waals surface area contributed by atoms with E-state index in [0.717, 1.165) is 17.5 Å². The van der Waals surface area contributed by atoms with Crippen LogP contribution in [-0.4, -0.2) is 85.0 Å². The van der Waals surface area contributed by atoms with Gasteiger partial charge in [-0.1, -0.05) is 42.3 Å². The van der Waals surface area contributed by atoms with Crippen LogP contribution in [0.4, 0.5) is 0 Å². The van der Waals surface area contributed by atoms with Crippen LogP contribution in [0.2, 0.25) is 0 Å². The van der Waals surface area contributed by atoms with Gasteiger partial charge in [-0.15, -0.1) is 0 Å². The van der Waals surface area contributed by atoms with Crippen LogP contribution in [-0.2, 0) is 19.2 Å². The van der Waals surface area contributed by atoms with Gasteiger partial charge in [0.05, 0.1) is 12.5 Å². The third-order valence-electron chi connectivity index (χ3n) is 5.01. The molecule has 0 saturated carbocycles. The minimum atomic E-state index is -2.12. The molecule has 14 heteroatoms. The van der Waals surface area contributed by atoms with Crippen molar-refractivity contribution in [2.75, 3.05) is 0 Å². The highest BCUT2D eigenvalue weighted by molar-refractivity contribution is 5.84. The van der Waals surface area contributed by atoms with E-state index in [1.54, 1.807) is 24.3 Å². The zero-order valence-corrected chi connectivity index (χ0v) is 22.6. The van der Waals surface area contributed by atoms with E-state index in [9.17, 15) is 19.2 Å². The third kappa shape index (κ3) is 14.3. The van der Waals surface area contributed by atoms with Crippen LogP contribution in [0, 0.1) is 25.2 Å². The van der Waals surface area contributed by atoms with Gasteiger partial charge in [0.25, 0.3) is 0 Å². The van der Waals surface area contributed by atoms with Gasteiger partial charge in [-0.3, -0.25) is 0 Å². The highest BCUT2D eigenvalue weighted by atomic mass is 16.5. The first-order valence-corrected chi connectivity index (χ1v) is 12.0. The SMILES string of the molecule is CC[C@@H](N)CC#N.Cc1ccc(O[C@@H](C(=O)O)[C@@H](O)C(=O)O)cc1.Cc1ccc(O[C@@H](C(=O)O)[C@@H](O)C(=O)O)cc1. The van der Waals surface area contributed by atoms with E-state index in [1.165, 1.54) is 24.3 Å². The van der Waals surface area contributed by atoms with E-state index in [4.69, 9.17) is 51.1 Å². The number of aliphatic hydroxyl groups excluding tert-OH is 2. The lowest BCUT2D eigenvalue weighted by molar-refractivity contribution is -0.163. The summed E-state index contributed by atoms with van der Waals surface area (Å²) in [5.74, 6) is -6.01. The Labute approximate surface area is 235 Å². The molecule has 2 rings (SSSR count). The fourth-order valence-electron chi connectivity index (χ4n) is 2.55. The van der Waals surface area contributed by atoms with E-state index in [-0.39, 0.29) is 17.5 Å². The molecule has 0 unspecified atom stereocenters. The van der Waals surface area contributed by atoms with E-state index in [2.05, 4.69) is 0 Å². The maximum absolute atomic E-state index is 10.8. The zero-order valence-electron chi connectivity index (χ0n) is 22.6. The Bertz CT molecular complexity index is 1080. The number of aliphatic hydroxyl groups is 2. The van der Waals surface area contributed by atoms with Crippen LogP contribution in [0.25, 0.3) is 0 Å². The van der Waals surface area contributed by atoms with Crippen LogP contribution in [0.1, 0.15) is 30.9 Å². The molecule has 2 aromatic carbocycles. The molecule has 0 amide bonds. The molecule has 0 saturated heterocycles. The summed E-state index contributed by atoms with van der Waals surface area (Å²) in [7, 11) is 0. The molecule has 14 nitrogen and oxygen atoms in total. The summed E-state index contributed by atoms with van der Waals surface area (Å²) in [6.07, 6.45) is -6.53. The van der Waals surface area contributed by atoms with Crippen LogP contribution < -0.4 is 15.2 Å². The summed E-state index contributed by atoms with van der Waals surface area (Å²) in [6, 6.07) is 14.8. The number of carboxylic acid groups (broad SMARTS) is 4. The van der Waals surface area contributed by atoms with E-state index in [1.807, 2.05) is 26.8 Å². The van der Waals surface area contributed by atoms with Crippen molar-refractivity contribution in [3.05, 3.63) is 59.7 Å². The first kappa shape index (κ1) is 36.3. The highest BCUT2D eigenvalue weighted by Gasteiger charge is 2.35. The molecule has 41 heavy (non-hydrogen) atoms. The monoisotopic (exact) mass is 578 g/mol. The molecule has 5 atom stereocenters. The van der Waals surface area contributed by atoms with Gasteiger partial charge in [0.15, 0.2) is 12.2 Å². The van der Waals surface area contributed by atoms with Gasteiger partial charge in [0, 0.05) is 6.04 Å². The molecule has 0 aromatic heterocycles. The molecule has 0 spiro atoms. The average Bonchev–Trinajstić information content (AvgIpc) is 2.92. The van der Waals surface area contributed by atoms with Crippen LogP contribution >= 0.6 is 0 Å². The summed E-state index contributed by atoms with van der Waals surface area (Å²) in [6.45, 7) is 5.65. The minimum Gasteiger partial charge on any atom is -0.479 e. The summed E-state index contributed by atoms with van der Waals surface area (Å²) in [4.78, 5) is 42.5. The lowest BCUT2D eigenvalue weighted by Crippen LogP contribution is -2.43. The fourth-order valence-corrected chi connectivity index (χ4v) is 2.55. The molecule has 0 aliphatic carbocycles. The second kappa shape index (κ2) is 18.6. The Balaban J connectivity index is 0.000000637. The molecular formula is C27H34N2O12. The normalized spacial score (nSPS) is 13.6. The molecule has 0 aliphatic heterocycles. The Hall–Kier alpha value is -4.71. The van der Waals surface area contributed by atoms with Crippen LogP contribution in [0.3, 0.4) is 0 Å². The van der Waals surface area contributed by atoms with Crippen LogP contribution in [0.15, 0.2) is 48.5 Å². The maximum Gasteiger partial charge on any atom is 0.348 e. The number of nitrogens with two attached hydrogens (primary N) is 1. The van der Waals surface area contributed by atoms with E-state index < -0.39 is 48.3 Å². The Morgan fingerprint density at radius 2 is 1.05 bits per heavy atom. The summed E-state index contributed by atoms with van der Waals surface area (Å²) in [5.41, 5.74) is 7.26. The van der Waals surface area contributed by atoms with Crippen molar-refractivity contribution in [2.45, 2.75) is 64.1 Å². The number of ether oxygens (including phenoxy) is 2. The Morgan fingerprint density at radius 1 is 0.732 bits per heavy atom. The molecule has 0 heterocycles. The molecule has 0 radical (unpaired) electrons. The summed E-state index contributed by atoms with van der Waals surface area (Å²) >= 11 is 0. The molecule has 0 aliphatic rings. The van der Waals surface area contributed by atoms with Crippen molar-refractivity contribution in [1.82, 2.24) is 0 Å². The third-order valence-corrected chi connectivity index (χ3v) is 5.01. The number of benzene rings is 2. The average molecular weight is 579 g/mol. The number of rotatable bonds is 12. The Kier molecular flexibility index (Phi) is 16.4. The minimum absolute atomic E-state index is 0.0880. The lowest BCUT2D eigenvalue weighted by atomic mass is 10.2. The highest BCUT2D eigenvalue weighted by Crippen LogP contribution is 2.16. The topological polar surface area (TPSA) is 258 Å². The quantitative estimate of drug-likeness (QED) is 0.187. The fraction of sp³-hybridized carbons (Fsp3) is 0.370. The first-order valence-electron chi connectivity index (χ1n) is 12.0. The smallest absolute Gasteiger partial charge is 0.348 e. The van der Waals surface area contributed by atoms with Crippen molar-refractivity contribution < 1.29 is 59.3 Å². The number of nitriles is 1. The van der Waals surface area contributed by atoms with Gasteiger partial charge in [-0.05, 0) is 44.5 Å². The van der Waals surface area contributed by atoms with Gasteiger partial charge in [-0.25, -0.2) is 19.2 Å². The number of aliphatic carboxylic acids is 4. The second-order valence-corrected chi connectivity index (χ2v) is 8.48. The van der Waals surface area contributed by atoms with Crippen molar-refractivity contribution in [1.29, 1.82) is 5.26 Å². The molecule has 0 bridgehead atoms. The lowest BCUT2D eigenvalue weighted by Gasteiger charge is -2.17. The maximum atomic E-state index is 10.8. The predicted octanol–water partition coefficient (Wildman–Crippen LogP) is 1.18. The number of nitrogens with zero attached hydrogens (tertiary/aromatic N) is 1. The van der Waals surface area contributed by atoms with Gasteiger partial charge in [0.1, 0.15) is 11.5 Å². The summed E-state index contributed by atoms with van der Waals surface area (Å²) < 4.78 is 9.85. The summed E-state index contributed by atoms with van der Waals surface area (Å²) in [5, 5.41) is 61.0. The van der Waals surface area contributed by atoms with Crippen molar-refractivity contribution in [3.63, 3.8) is 0 Å². The van der Waals surface area contributed by atoms with E-state index in [0.29, 0.717) is 6.42 Å². The molecule has 0 fully saturated rings. The Morgan fingerprint density at radius 3 is 1.24 bits per heavy atom. The van der Waals surface area contributed by atoms with Gasteiger partial charge >= 0.3 is 23.9 Å². The number of carboxylic acids is 4. The van der Waals surface area contributed by atoms with Gasteiger partial charge in [-0.2, -0.15) is 5.26 Å². The van der Waals surface area contributed by atoms with E-state index >= 15 is 0 Å². The molecule has 2 aromatic rings. The van der Waals surface area contributed by atoms with Gasteiger partial charge in [0.2, 0.25) is 12.2 Å². The predicted molar refractivity (Wildman–Crippen MR) is 142 cm³/mol. The molecule has 224 valence electrons. The van der Waals surface area contributed by atoms with Crippen molar-refractivity contribution >= 4 is 23.9 Å². The van der Waals surface area contributed by atoms with Crippen molar-refractivity contribution in [2.24, 2.45) is 5.73 Å². The number of aryl methyl sites for hydroxylation is 2. The van der Waals surface area contributed by atoms with Crippen LogP contribution in [0.5, 0.6) is 11.5 Å². The number of hydrogen-bond acceptors (Lipinski definition) is 10. The standard InChI is InChI=1S/2C11H12O6.C5H10N2/c2*1-6-2-4-7(5-3-6)17-9(11(15)16)8(12)10(13)14;1-2-5(7)3-4-6/h2*2-5,8-9,12H,1H3,(H,13,14)(H,15,16);5H,2-3,7H2,1H3/t2*8-,9-;5-/m111/s1. The number of carbonyl (C=O) groups is 4. The molecular weight excluding hydrogens is 544 g/mol. The zero-order chi connectivity index (χ0) is 31.7.